The SMILES string of the molecule is Cc1cccc(NC(=O)CNC(=O)COC(=O)C2=NNC(=O)CC2)c1C. The van der Waals surface area contributed by atoms with Gasteiger partial charge in [0.2, 0.25) is 11.8 Å². The summed E-state index contributed by atoms with van der Waals surface area (Å²) in [7, 11) is 0. The van der Waals surface area contributed by atoms with Crippen molar-refractivity contribution in [3.8, 4) is 0 Å². The maximum absolute atomic E-state index is 11.9. The van der Waals surface area contributed by atoms with Crippen molar-refractivity contribution in [2.75, 3.05) is 18.5 Å². The fourth-order valence-corrected chi connectivity index (χ4v) is 2.15. The van der Waals surface area contributed by atoms with Gasteiger partial charge in [0.15, 0.2) is 6.61 Å². The first kappa shape index (κ1) is 19.1. The van der Waals surface area contributed by atoms with E-state index in [0.717, 1.165) is 11.1 Å². The Balaban J connectivity index is 1.73. The van der Waals surface area contributed by atoms with Crippen LogP contribution in [0.4, 0.5) is 5.69 Å². The Hall–Kier alpha value is -3.23. The largest absolute Gasteiger partial charge is 0.451 e. The van der Waals surface area contributed by atoms with Crippen LogP contribution in [-0.2, 0) is 23.9 Å². The predicted molar refractivity (Wildman–Crippen MR) is 93.3 cm³/mol. The zero-order chi connectivity index (χ0) is 19.1. The molecule has 0 fully saturated rings. The number of anilines is 1. The number of hydrogen-bond acceptors (Lipinski definition) is 6. The molecule has 0 aliphatic carbocycles. The van der Waals surface area contributed by atoms with Crippen LogP contribution in [0.15, 0.2) is 23.3 Å². The highest BCUT2D eigenvalue weighted by atomic mass is 16.5. The summed E-state index contributed by atoms with van der Waals surface area (Å²) in [4.78, 5) is 46.2. The maximum atomic E-state index is 11.9. The van der Waals surface area contributed by atoms with Crippen molar-refractivity contribution in [2.45, 2.75) is 26.7 Å². The Kier molecular flexibility index (Phi) is 6.42. The molecule has 1 aliphatic rings. The van der Waals surface area contributed by atoms with Crippen LogP contribution in [0.25, 0.3) is 0 Å². The van der Waals surface area contributed by atoms with Crippen LogP contribution in [0.1, 0.15) is 24.0 Å². The number of rotatable bonds is 6. The van der Waals surface area contributed by atoms with Gasteiger partial charge in [0.25, 0.3) is 5.91 Å². The van der Waals surface area contributed by atoms with E-state index in [2.05, 4.69) is 21.2 Å². The van der Waals surface area contributed by atoms with Gasteiger partial charge in [0.1, 0.15) is 5.71 Å². The Morgan fingerprint density at radius 1 is 1.19 bits per heavy atom. The van der Waals surface area contributed by atoms with E-state index in [9.17, 15) is 19.2 Å². The lowest BCUT2D eigenvalue weighted by Gasteiger charge is -2.12. The third kappa shape index (κ3) is 5.40. The second kappa shape index (κ2) is 8.75. The molecule has 0 saturated carbocycles. The first-order chi connectivity index (χ1) is 12.4. The number of amides is 3. The van der Waals surface area contributed by atoms with Gasteiger partial charge in [0, 0.05) is 18.5 Å². The lowest BCUT2D eigenvalue weighted by molar-refractivity contribution is -0.142. The number of carbonyl (C=O) groups is 4. The molecule has 1 aromatic carbocycles. The summed E-state index contributed by atoms with van der Waals surface area (Å²) in [5.41, 5.74) is 4.88. The van der Waals surface area contributed by atoms with E-state index in [-0.39, 0.29) is 31.0 Å². The van der Waals surface area contributed by atoms with Gasteiger partial charge in [-0.2, -0.15) is 5.10 Å². The summed E-state index contributed by atoms with van der Waals surface area (Å²) < 4.78 is 4.80. The number of aryl methyl sites for hydroxylation is 1. The van der Waals surface area contributed by atoms with E-state index in [1.165, 1.54) is 0 Å². The molecule has 0 radical (unpaired) electrons. The monoisotopic (exact) mass is 360 g/mol. The zero-order valence-electron chi connectivity index (χ0n) is 14.5. The van der Waals surface area contributed by atoms with Gasteiger partial charge in [-0.15, -0.1) is 0 Å². The average molecular weight is 360 g/mol. The molecule has 0 aromatic heterocycles. The van der Waals surface area contributed by atoms with Crippen LogP contribution in [0.3, 0.4) is 0 Å². The summed E-state index contributed by atoms with van der Waals surface area (Å²) in [6.07, 6.45) is 0.295. The van der Waals surface area contributed by atoms with Crippen molar-refractivity contribution >= 4 is 35.1 Å². The van der Waals surface area contributed by atoms with E-state index in [0.29, 0.717) is 5.69 Å². The van der Waals surface area contributed by atoms with Crippen LogP contribution in [0.5, 0.6) is 0 Å². The molecular weight excluding hydrogens is 340 g/mol. The van der Waals surface area contributed by atoms with Gasteiger partial charge in [-0.25, -0.2) is 10.2 Å². The topological polar surface area (TPSA) is 126 Å². The van der Waals surface area contributed by atoms with Gasteiger partial charge < -0.3 is 15.4 Å². The van der Waals surface area contributed by atoms with Gasteiger partial charge in [-0.05, 0) is 31.0 Å². The number of hydrogen-bond donors (Lipinski definition) is 3. The molecule has 9 heteroatoms. The van der Waals surface area contributed by atoms with Gasteiger partial charge in [0.05, 0.1) is 6.54 Å². The van der Waals surface area contributed by atoms with Crippen molar-refractivity contribution in [2.24, 2.45) is 5.10 Å². The second-order valence-electron chi connectivity index (χ2n) is 5.74. The molecule has 1 aliphatic heterocycles. The predicted octanol–water partition coefficient (Wildman–Crippen LogP) is 0.167. The molecule has 3 amide bonds. The fraction of sp³-hybridized carbons (Fsp3) is 0.353. The number of ether oxygens (including phenoxy) is 1. The number of benzene rings is 1. The second-order valence-corrected chi connectivity index (χ2v) is 5.74. The number of nitrogens with one attached hydrogen (secondary N) is 3. The van der Waals surface area contributed by atoms with Gasteiger partial charge >= 0.3 is 5.97 Å². The standard InChI is InChI=1S/C17H20N4O5/c1-10-4-3-5-12(11(10)2)19-15(23)8-18-16(24)9-26-17(25)13-6-7-14(22)21-20-13/h3-5H,6-9H2,1-2H3,(H,18,24)(H,19,23)(H,21,22). The summed E-state index contributed by atoms with van der Waals surface area (Å²) >= 11 is 0. The normalized spacial score (nSPS) is 13.3. The molecule has 0 atom stereocenters. The van der Waals surface area contributed by atoms with E-state index in [4.69, 9.17) is 4.74 Å². The Bertz CT molecular complexity index is 772. The number of nitrogens with zero attached hydrogens (tertiary/aromatic N) is 1. The minimum atomic E-state index is -0.778. The van der Waals surface area contributed by atoms with Crippen LogP contribution < -0.4 is 16.1 Å². The fourth-order valence-electron chi connectivity index (χ4n) is 2.15. The highest BCUT2D eigenvalue weighted by Crippen LogP contribution is 2.17. The van der Waals surface area contributed by atoms with Crippen LogP contribution in [0, 0.1) is 13.8 Å². The highest BCUT2D eigenvalue weighted by molar-refractivity contribution is 6.37. The van der Waals surface area contributed by atoms with Crippen molar-refractivity contribution < 1.29 is 23.9 Å². The molecule has 26 heavy (non-hydrogen) atoms. The molecule has 138 valence electrons. The number of carbonyl (C=O) groups excluding carboxylic acids is 4. The van der Waals surface area contributed by atoms with Gasteiger partial charge in [-0.1, -0.05) is 12.1 Å². The molecule has 1 aromatic rings. The molecule has 3 N–H and O–H groups in total. The van der Waals surface area contributed by atoms with Gasteiger partial charge in [-0.3, -0.25) is 14.4 Å². The number of esters is 1. The summed E-state index contributed by atoms with van der Waals surface area (Å²) in [6, 6.07) is 5.53. The van der Waals surface area contributed by atoms with E-state index in [1.807, 2.05) is 26.0 Å². The van der Waals surface area contributed by atoms with Crippen molar-refractivity contribution in [1.82, 2.24) is 10.7 Å². The van der Waals surface area contributed by atoms with Crippen LogP contribution in [0.2, 0.25) is 0 Å². The molecule has 0 unspecified atom stereocenters. The summed E-state index contributed by atoms with van der Waals surface area (Å²) in [5, 5.41) is 8.64. The van der Waals surface area contributed by atoms with E-state index >= 15 is 0 Å². The summed E-state index contributed by atoms with van der Waals surface area (Å²) in [5.74, 6) is -2.07. The maximum Gasteiger partial charge on any atom is 0.355 e. The average Bonchev–Trinajstić information content (AvgIpc) is 2.62. The quantitative estimate of drug-likeness (QED) is 0.623. The first-order valence-corrected chi connectivity index (χ1v) is 8.02. The molecule has 1 heterocycles. The van der Waals surface area contributed by atoms with Crippen LogP contribution in [-0.4, -0.2) is 42.6 Å². The Morgan fingerprint density at radius 2 is 1.96 bits per heavy atom. The third-order valence-corrected chi connectivity index (χ3v) is 3.80. The Morgan fingerprint density at radius 3 is 2.65 bits per heavy atom. The first-order valence-electron chi connectivity index (χ1n) is 8.02. The molecule has 2 rings (SSSR count). The zero-order valence-corrected chi connectivity index (χ0v) is 14.5. The van der Waals surface area contributed by atoms with E-state index < -0.39 is 24.4 Å². The van der Waals surface area contributed by atoms with Crippen molar-refractivity contribution in [1.29, 1.82) is 0 Å². The summed E-state index contributed by atoms with van der Waals surface area (Å²) in [6.45, 7) is 3.03. The molecule has 0 saturated heterocycles. The minimum Gasteiger partial charge on any atom is -0.451 e. The molecule has 0 bridgehead atoms. The smallest absolute Gasteiger partial charge is 0.355 e. The van der Waals surface area contributed by atoms with E-state index in [1.54, 1.807) is 6.07 Å². The lowest BCUT2D eigenvalue weighted by atomic mass is 10.1. The third-order valence-electron chi connectivity index (χ3n) is 3.80. The molecule has 9 nitrogen and oxygen atoms in total. The molecule has 0 spiro atoms. The Labute approximate surface area is 150 Å². The highest BCUT2D eigenvalue weighted by Gasteiger charge is 2.20. The lowest BCUT2D eigenvalue weighted by Crippen LogP contribution is -2.37. The minimum absolute atomic E-state index is 0.0464. The number of hydrazone groups is 1. The van der Waals surface area contributed by atoms with Crippen molar-refractivity contribution in [3.63, 3.8) is 0 Å². The molecular formula is C17H20N4O5. The van der Waals surface area contributed by atoms with Crippen LogP contribution >= 0.6 is 0 Å². The van der Waals surface area contributed by atoms with Crippen molar-refractivity contribution in [3.05, 3.63) is 29.3 Å².